The number of aromatic nitrogens is 4. The summed E-state index contributed by atoms with van der Waals surface area (Å²) in [5.41, 5.74) is 2.04. The van der Waals surface area contributed by atoms with Crippen LogP contribution in [0.3, 0.4) is 0 Å². The van der Waals surface area contributed by atoms with Crippen LogP contribution in [0.2, 0.25) is 0 Å². The fraction of sp³-hybridized carbons (Fsp3) is 0.154. The molecule has 20 heavy (non-hydrogen) atoms. The van der Waals surface area contributed by atoms with Crippen LogP contribution in [0, 0.1) is 6.92 Å². The molecule has 0 spiro atoms. The Balaban J connectivity index is 2.28. The zero-order chi connectivity index (χ0) is 14.4. The van der Waals surface area contributed by atoms with Crippen LogP contribution in [0.15, 0.2) is 28.9 Å². The molecule has 0 aliphatic rings. The van der Waals surface area contributed by atoms with Gasteiger partial charge in [-0.25, -0.2) is 9.78 Å². The Morgan fingerprint density at radius 3 is 2.65 bits per heavy atom. The van der Waals surface area contributed by atoms with Gasteiger partial charge in [0.2, 0.25) is 5.78 Å². The summed E-state index contributed by atoms with van der Waals surface area (Å²) < 4.78 is 3.61. The average Bonchev–Trinajstić information content (AvgIpc) is 2.89. The van der Waals surface area contributed by atoms with Crippen molar-refractivity contribution in [2.45, 2.75) is 6.92 Å². The van der Waals surface area contributed by atoms with Gasteiger partial charge in [0, 0.05) is 12.6 Å². The molecule has 0 bridgehead atoms. The van der Waals surface area contributed by atoms with Gasteiger partial charge in [-0.2, -0.15) is 4.52 Å². The first-order valence-electron chi connectivity index (χ1n) is 5.91. The number of rotatable bonds is 2. The van der Waals surface area contributed by atoms with Crippen molar-refractivity contribution in [3.63, 3.8) is 0 Å². The van der Waals surface area contributed by atoms with Crippen LogP contribution in [0.25, 0.3) is 17.2 Å². The number of aryl methyl sites for hydroxylation is 2. The Bertz CT molecular complexity index is 834. The van der Waals surface area contributed by atoms with E-state index in [1.54, 1.807) is 4.57 Å². The number of hydrogen-bond donors (Lipinski definition) is 1. The van der Waals surface area contributed by atoms with Crippen molar-refractivity contribution in [2.24, 2.45) is 7.05 Å². The maximum Gasteiger partial charge on any atom is 0.357 e. The van der Waals surface area contributed by atoms with E-state index in [0.717, 1.165) is 17.0 Å². The van der Waals surface area contributed by atoms with Crippen molar-refractivity contribution in [3.05, 3.63) is 40.1 Å². The summed E-state index contributed by atoms with van der Waals surface area (Å²) in [5.74, 6) is 0.135. The quantitative estimate of drug-likeness (QED) is 0.781. The van der Waals surface area contributed by atoms with Crippen molar-refractivity contribution in [1.29, 1.82) is 0 Å². The standard InChI is InChI=1S/C13H11BrN4O2/c1-7-5-3-4-6-8(7)11-16-18-10(14)9(12(19)20)15-13(18)17(11)2/h3-6H,1-2H3,(H,19,20). The average molecular weight is 335 g/mol. The van der Waals surface area contributed by atoms with Crippen LogP contribution in [0.5, 0.6) is 0 Å². The smallest absolute Gasteiger partial charge is 0.357 e. The minimum atomic E-state index is -1.08. The lowest BCUT2D eigenvalue weighted by Crippen LogP contribution is -2.00. The maximum atomic E-state index is 11.1. The first-order valence-corrected chi connectivity index (χ1v) is 6.70. The Morgan fingerprint density at radius 2 is 2.05 bits per heavy atom. The first kappa shape index (κ1) is 12.9. The van der Waals surface area contributed by atoms with Crippen molar-refractivity contribution in [2.75, 3.05) is 0 Å². The van der Waals surface area contributed by atoms with Gasteiger partial charge >= 0.3 is 5.97 Å². The summed E-state index contributed by atoms with van der Waals surface area (Å²) in [6.45, 7) is 2.00. The predicted molar refractivity (Wildman–Crippen MR) is 76.8 cm³/mol. The highest BCUT2D eigenvalue weighted by atomic mass is 79.9. The molecule has 0 radical (unpaired) electrons. The molecule has 0 amide bonds. The number of carbonyl (C=O) groups is 1. The fourth-order valence-electron chi connectivity index (χ4n) is 2.14. The minimum absolute atomic E-state index is 0.0422. The highest BCUT2D eigenvalue weighted by Gasteiger charge is 2.22. The summed E-state index contributed by atoms with van der Waals surface area (Å²) in [4.78, 5) is 15.2. The summed E-state index contributed by atoms with van der Waals surface area (Å²) >= 11 is 3.23. The van der Waals surface area contributed by atoms with E-state index in [9.17, 15) is 4.79 Å². The van der Waals surface area contributed by atoms with Gasteiger partial charge in [0.25, 0.3) is 0 Å². The van der Waals surface area contributed by atoms with Crippen molar-refractivity contribution in [3.8, 4) is 11.4 Å². The number of fused-ring (bicyclic) bond motifs is 1. The van der Waals surface area contributed by atoms with Crippen LogP contribution in [0.4, 0.5) is 0 Å². The van der Waals surface area contributed by atoms with Crippen molar-refractivity contribution in [1.82, 2.24) is 19.2 Å². The molecule has 0 aliphatic heterocycles. The maximum absolute atomic E-state index is 11.1. The Hall–Kier alpha value is -2.15. The number of nitrogens with zero attached hydrogens (tertiary/aromatic N) is 4. The van der Waals surface area contributed by atoms with E-state index in [0.29, 0.717) is 10.4 Å². The second-order valence-corrected chi connectivity index (χ2v) is 5.22. The number of benzene rings is 1. The summed E-state index contributed by atoms with van der Waals surface area (Å²) in [6.07, 6.45) is 0. The molecule has 0 fully saturated rings. The number of hydrogen-bond acceptors (Lipinski definition) is 3. The molecule has 1 N–H and O–H groups in total. The first-order chi connectivity index (χ1) is 9.50. The molecule has 7 heteroatoms. The normalized spacial score (nSPS) is 11.2. The molecule has 3 aromatic rings. The highest BCUT2D eigenvalue weighted by Crippen LogP contribution is 2.25. The van der Waals surface area contributed by atoms with E-state index in [1.807, 2.05) is 38.2 Å². The number of carboxylic acids is 1. The molecule has 0 atom stereocenters. The molecule has 102 valence electrons. The third-order valence-electron chi connectivity index (χ3n) is 3.18. The fourth-order valence-corrected chi connectivity index (χ4v) is 2.63. The van der Waals surface area contributed by atoms with E-state index in [2.05, 4.69) is 26.0 Å². The number of halogens is 1. The molecule has 6 nitrogen and oxygen atoms in total. The Kier molecular flexibility index (Phi) is 2.86. The number of aromatic carboxylic acids is 1. The molecule has 0 saturated carbocycles. The van der Waals surface area contributed by atoms with Gasteiger partial charge in [0.1, 0.15) is 4.60 Å². The molecule has 3 rings (SSSR count). The van der Waals surface area contributed by atoms with Crippen molar-refractivity contribution < 1.29 is 9.90 Å². The van der Waals surface area contributed by atoms with Crippen LogP contribution < -0.4 is 0 Å². The topological polar surface area (TPSA) is 72.4 Å². The lowest BCUT2D eigenvalue weighted by atomic mass is 10.1. The van der Waals surface area contributed by atoms with E-state index in [1.165, 1.54) is 4.52 Å². The van der Waals surface area contributed by atoms with E-state index in [4.69, 9.17) is 5.11 Å². The minimum Gasteiger partial charge on any atom is -0.476 e. The third kappa shape index (κ3) is 1.74. The Labute approximate surface area is 122 Å². The van der Waals surface area contributed by atoms with Crippen LogP contribution in [-0.4, -0.2) is 30.2 Å². The molecular weight excluding hydrogens is 324 g/mol. The summed E-state index contributed by atoms with van der Waals surface area (Å²) in [6, 6.07) is 7.89. The van der Waals surface area contributed by atoms with Gasteiger partial charge in [-0.05, 0) is 28.4 Å². The summed E-state index contributed by atoms with van der Waals surface area (Å²) in [7, 11) is 1.81. The predicted octanol–water partition coefficient (Wildman–Crippen LogP) is 2.50. The second kappa shape index (κ2) is 4.45. The second-order valence-electron chi connectivity index (χ2n) is 4.47. The monoisotopic (exact) mass is 334 g/mol. The molecular formula is C13H11BrN4O2. The Morgan fingerprint density at radius 1 is 1.35 bits per heavy atom. The van der Waals surface area contributed by atoms with Crippen LogP contribution in [0.1, 0.15) is 16.1 Å². The zero-order valence-electron chi connectivity index (χ0n) is 10.8. The lowest BCUT2D eigenvalue weighted by molar-refractivity contribution is 0.0690. The van der Waals surface area contributed by atoms with Gasteiger partial charge in [-0.15, -0.1) is 5.10 Å². The van der Waals surface area contributed by atoms with E-state index in [-0.39, 0.29) is 5.69 Å². The summed E-state index contributed by atoms with van der Waals surface area (Å²) in [5, 5.41) is 13.5. The molecule has 2 aromatic heterocycles. The molecule has 2 heterocycles. The number of carboxylic acid groups (broad SMARTS) is 1. The number of imidazole rings is 1. The SMILES string of the molecule is Cc1ccccc1-c1nn2c(Br)c(C(=O)O)nc2n1C. The van der Waals surface area contributed by atoms with Gasteiger partial charge in [0.05, 0.1) is 0 Å². The highest BCUT2D eigenvalue weighted by molar-refractivity contribution is 9.10. The largest absolute Gasteiger partial charge is 0.476 e. The van der Waals surface area contributed by atoms with Gasteiger partial charge < -0.3 is 5.11 Å². The van der Waals surface area contributed by atoms with Gasteiger partial charge in [-0.3, -0.25) is 4.57 Å². The van der Waals surface area contributed by atoms with Gasteiger partial charge in [0.15, 0.2) is 11.5 Å². The molecule has 0 aliphatic carbocycles. The molecule has 0 unspecified atom stereocenters. The third-order valence-corrected chi connectivity index (χ3v) is 3.90. The van der Waals surface area contributed by atoms with Crippen molar-refractivity contribution >= 4 is 27.7 Å². The van der Waals surface area contributed by atoms with Crippen LogP contribution >= 0.6 is 15.9 Å². The lowest BCUT2D eigenvalue weighted by Gasteiger charge is -2.04. The van der Waals surface area contributed by atoms with Crippen LogP contribution in [-0.2, 0) is 7.05 Å². The molecule has 0 saturated heterocycles. The zero-order valence-corrected chi connectivity index (χ0v) is 12.4. The van der Waals surface area contributed by atoms with E-state index < -0.39 is 5.97 Å². The van der Waals surface area contributed by atoms with E-state index >= 15 is 0 Å². The molecule has 1 aromatic carbocycles. The van der Waals surface area contributed by atoms with Gasteiger partial charge in [-0.1, -0.05) is 24.3 Å².